The van der Waals surface area contributed by atoms with Gasteiger partial charge in [0.2, 0.25) is 11.8 Å². The van der Waals surface area contributed by atoms with Crippen molar-refractivity contribution in [1.29, 1.82) is 0 Å². The average molecular weight is 472 g/mol. The lowest BCUT2D eigenvalue weighted by molar-refractivity contribution is -0.141. The summed E-state index contributed by atoms with van der Waals surface area (Å²) in [5, 5.41) is 2.82. The van der Waals surface area contributed by atoms with Gasteiger partial charge in [-0.1, -0.05) is 50.2 Å². The van der Waals surface area contributed by atoms with Gasteiger partial charge in [-0.25, -0.2) is 12.7 Å². The fourth-order valence-corrected chi connectivity index (χ4v) is 5.38. The Morgan fingerprint density at radius 3 is 2.36 bits per heavy atom. The van der Waals surface area contributed by atoms with E-state index in [4.69, 9.17) is 0 Å². The Bertz CT molecular complexity index is 1160. The van der Waals surface area contributed by atoms with Crippen LogP contribution in [0, 0.1) is 6.92 Å². The fraction of sp³-hybridized carbons (Fsp3) is 0.375. The van der Waals surface area contributed by atoms with Crippen LogP contribution in [0.2, 0.25) is 0 Å². The normalized spacial score (nSPS) is 15.1. The Labute approximate surface area is 194 Å². The third kappa shape index (κ3) is 4.93. The minimum absolute atomic E-state index is 0.0449. The molecule has 8 nitrogen and oxygen atoms in total. The maximum absolute atomic E-state index is 13.5. The summed E-state index contributed by atoms with van der Waals surface area (Å²) < 4.78 is 26.5. The second kappa shape index (κ2) is 10.2. The number of carbonyl (C=O) groups is 3. The van der Waals surface area contributed by atoms with Gasteiger partial charge < -0.3 is 10.2 Å². The molecule has 3 rings (SSSR count). The topological polar surface area (TPSA) is 104 Å². The van der Waals surface area contributed by atoms with Gasteiger partial charge in [-0.05, 0) is 43.0 Å². The second-order valence-corrected chi connectivity index (χ2v) is 9.81. The molecule has 0 aliphatic carbocycles. The van der Waals surface area contributed by atoms with Crippen LogP contribution in [0.15, 0.2) is 53.4 Å². The Kier molecular flexibility index (Phi) is 7.53. The Hall–Kier alpha value is -3.20. The number of amides is 3. The zero-order chi connectivity index (χ0) is 24.2. The van der Waals surface area contributed by atoms with Crippen molar-refractivity contribution in [3.63, 3.8) is 0 Å². The molecule has 0 aromatic heterocycles. The Morgan fingerprint density at radius 2 is 1.73 bits per heavy atom. The van der Waals surface area contributed by atoms with Gasteiger partial charge in [-0.3, -0.25) is 14.4 Å². The molecule has 0 radical (unpaired) electrons. The molecule has 0 saturated carbocycles. The highest BCUT2D eigenvalue weighted by molar-refractivity contribution is 7.90. The number of nitrogens with one attached hydrogen (secondary N) is 1. The molecule has 1 aliphatic heterocycles. The van der Waals surface area contributed by atoms with E-state index >= 15 is 0 Å². The summed E-state index contributed by atoms with van der Waals surface area (Å²) >= 11 is 0. The number of benzene rings is 2. The van der Waals surface area contributed by atoms with E-state index in [1.165, 1.54) is 23.1 Å². The van der Waals surface area contributed by atoms with Crippen LogP contribution in [-0.4, -0.2) is 54.5 Å². The van der Waals surface area contributed by atoms with Crippen molar-refractivity contribution in [2.24, 2.45) is 0 Å². The van der Waals surface area contributed by atoms with E-state index in [1.807, 2.05) is 38.1 Å². The minimum Gasteiger partial charge on any atom is -0.354 e. The maximum Gasteiger partial charge on any atom is 0.269 e. The number of carbonyl (C=O) groups excluding carboxylic acids is 3. The lowest BCUT2D eigenvalue weighted by atomic mass is 10.1. The number of fused-ring (bicyclic) bond motifs is 1. The molecule has 1 N–H and O–H groups in total. The van der Waals surface area contributed by atoms with Crippen LogP contribution in [-0.2, 0) is 26.2 Å². The molecule has 176 valence electrons. The number of hydrogen-bond acceptors (Lipinski definition) is 5. The fourth-order valence-electron chi connectivity index (χ4n) is 3.86. The van der Waals surface area contributed by atoms with E-state index in [9.17, 15) is 22.8 Å². The summed E-state index contributed by atoms with van der Waals surface area (Å²) in [5.41, 5.74) is 1.83. The molecule has 3 amide bonds. The summed E-state index contributed by atoms with van der Waals surface area (Å²) in [6.45, 7) is 5.55. The first-order valence-corrected chi connectivity index (χ1v) is 12.4. The summed E-state index contributed by atoms with van der Waals surface area (Å²) in [4.78, 5) is 40.4. The summed E-state index contributed by atoms with van der Waals surface area (Å²) in [6.07, 6.45) is 1.08. The highest BCUT2D eigenvalue weighted by Gasteiger charge is 2.43. The van der Waals surface area contributed by atoms with Crippen molar-refractivity contribution in [3.8, 4) is 0 Å². The van der Waals surface area contributed by atoms with Crippen LogP contribution >= 0.6 is 0 Å². The van der Waals surface area contributed by atoms with Crippen molar-refractivity contribution in [2.45, 2.75) is 51.1 Å². The second-order valence-electron chi connectivity index (χ2n) is 7.98. The van der Waals surface area contributed by atoms with Gasteiger partial charge in [0.25, 0.3) is 15.9 Å². The number of aryl methyl sites for hydroxylation is 1. The monoisotopic (exact) mass is 471 g/mol. The average Bonchev–Trinajstić information content (AvgIpc) is 2.99. The van der Waals surface area contributed by atoms with Gasteiger partial charge in [0, 0.05) is 13.1 Å². The van der Waals surface area contributed by atoms with Crippen molar-refractivity contribution < 1.29 is 22.8 Å². The molecule has 0 saturated heterocycles. The molecule has 0 unspecified atom stereocenters. The first kappa shape index (κ1) is 24.4. The molecule has 1 heterocycles. The van der Waals surface area contributed by atoms with Gasteiger partial charge in [0.1, 0.15) is 17.5 Å². The van der Waals surface area contributed by atoms with Crippen molar-refractivity contribution >= 4 is 27.7 Å². The number of rotatable bonds is 9. The summed E-state index contributed by atoms with van der Waals surface area (Å²) in [7, 11) is -4.14. The van der Waals surface area contributed by atoms with Crippen molar-refractivity contribution in [2.75, 3.05) is 13.1 Å². The first-order valence-electron chi connectivity index (χ1n) is 11.0. The van der Waals surface area contributed by atoms with E-state index in [1.54, 1.807) is 13.0 Å². The van der Waals surface area contributed by atoms with Crippen LogP contribution in [0.1, 0.15) is 48.2 Å². The molecular weight excluding hydrogens is 442 g/mol. The van der Waals surface area contributed by atoms with E-state index in [0.717, 1.165) is 17.5 Å². The molecule has 0 fully saturated rings. The van der Waals surface area contributed by atoms with Gasteiger partial charge in [0.05, 0.1) is 5.56 Å². The van der Waals surface area contributed by atoms with E-state index in [-0.39, 0.29) is 22.9 Å². The van der Waals surface area contributed by atoms with Crippen molar-refractivity contribution in [3.05, 3.63) is 65.2 Å². The molecular formula is C24H29N3O5S. The lowest BCUT2D eigenvalue weighted by Crippen LogP contribution is -2.52. The van der Waals surface area contributed by atoms with E-state index < -0.39 is 34.4 Å². The summed E-state index contributed by atoms with van der Waals surface area (Å²) in [5.74, 6) is -1.65. The summed E-state index contributed by atoms with van der Waals surface area (Å²) in [6, 6.07) is 12.6. The highest BCUT2D eigenvalue weighted by atomic mass is 32.2. The van der Waals surface area contributed by atoms with Crippen LogP contribution in [0.5, 0.6) is 0 Å². The molecule has 0 spiro atoms. The molecule has 1 atom stereocenters. The standard InChI is InChI=1S/C24H29N3O5S/c1-4-14-25-23(29)20(5-2)26(15-18-11-7-6-10-17(18)3)22(28)16-27-24(30)19-12-8-9-13-21(19)33(27,31)32/h6-13,20H,4-5,14-16H2,1-3H3,(H,25,29)/t20-/m1/s1. The molecule has 1 aliphatic rings. The minimum atomic E-state index is -4.14. The van der Waals surface area contributed by atoms with Crippen LogP contribution < -0.4 is 5.32 Å². The molecule has 9 heteroatoms. The number of nitrogens with zero attached hydrogens (tertiary/aromatic N) is 2. The lowest BCUT2D eigenvalue weighted by Gasteiger charge is -2.32. The van der Waals surface area contributed by atoms with Gasteiger partial charge in [-0.15, -0.1) is 0 Å². The van der Waals surface area contributed by atoms with Gasteiger partial charge in [0.15, 0.2) is 0 Å². The van der Waals surface area contributed by atoms with Gasteiger partial charge in [-0.2, -0.15) is 0 Å². The van der Waals surface area contributed by atoms with Crippen LogP contribution in [0.3, 0.4) is 0 Å². The van der Waals surface area contributed by atoms with Crippen LogP contribution in [0.25, 0.3) is 0 Å². The predicted molar refractivity (Wildman–Crippen MR) is 124 cm³/mol. The maximum atomic E-state index is 13.5. The Balaban J connectivity index is 1.93. The smallest absolute Gasteiger partial charge is 0.269 e. The Morgan fingerprint density at radius 1 is 1.06 bits per heavy atom. The number of sulfonamides is 1. The van der Waals surface area contributed by atoms with E-state index in [0.29, 0.717) is 17.3 Å². The molecule has 2 aromatic carbocycles. The van der Waals surface area contributed by atoms with Gasteiger partial charge >= 0.3 is 0 Å². The highest BCUT2D eigenvalue weighted by Crippen LogP contribution is 2.30. The van der Waals surface area contributed by atoms with E-state index in [2.05, 4.69) is 5.32 Å². The first-order chi connectivity index (χ1) is 15.7. The quantitative estimate of drug-likeness (QED) is 0.605. The molecule has 2 aromatic rings. The SMILES string of the molecule is CCCNC(=O)[C@@H](CC)N(Cc1ccccc1C)C(=O)CN1C(=O)c2ccccc2S1(=O)=O. The predicted octanol–water partition coefficient (Wildman–Crippen LogP) is 2.47. The van der Waals surface area contributed by atoms with Crippen LogP contribution in [0.4, 0.5) is 0 Å². The zero-order valence-corrected chi connectivity index (χ0v) is 19.9. The van der Waals surface area contributed by atoms with Crippen molar-refractivity contribution in [1.82, 2.24) is 14.5 Å². The molecule has 0 bridgehead atoms. The largest absolute Gasteiger partial charge is 0.354 e. The third-order valence-corrected chi connectivity index (χ3v) is 7.51. The number of hydrogen-bond donors (Lipinski definition) is 1. The third-order valence-electron chi connectivity index (χ3n) is 5.73. The molecule has 33 heavy (non-hydrogen) atoms. The zero-order valence-electron chi connectivity index (χ0n) is 19.1.